The van der Waals surface area contributed by atoms with E-state index >= 15 is 0 Å². The average molecular weight is 349 g/mol. The number of amides is 2. The fourth-order valence-corrected chi connectivity index (χ4v) is 3.99. The highest BCUT2D eigenvalue weighted by Crippen LogP contribution is 2.40. The van der Waals surface area contributed by atoms with Crippen LogP contribution in [-0.2, 0) is 16.6 Å². The molecule has 1 aliphatic rings. The van der Waals surface area contributed by atoms with Gasteiger partial charge in [-0.05, 0) is 18.4 Å². The van der Waals surface area contributed by atoms with Gasteiger partial charge in [-0.1, -0.05) is 30.3 Å². The summed E-state index contributed by atoms with van der Waals surface area (Å²) in [6, 6.07) is 9.42. The monoisotopic (exact) mass is 349 g/mol. The molecule has 122 valence electrons. The Bertz CT molecular complexity index is 684. The van der Waals surface area contributed by atoms with Gasteiger partial charge in [0.2, 0.25) is 0 Å². The number of nitrogens with zero attached hydrogens (tertiary/aromatic N) is 1. The Kier molecular flexibility index (Phi) is 5.40. The van der Waals surface area contributed by atoms with Crippen molar-refractivity contribution in [3.8, 4) is 0 Å². The van der Waals surface area contributed by atoms with Gasteiger partial charge in [-0.25, -0.2) is 9.78 Å². The Morgan fingerprint density at radius 2 is 2.09 bits per heavy atom. The van der Waals surface area contributed by atoms with Crippen LogP contribution in [0.5, 0.6) is 0 Å². The molecule has 1 aromatic heterocycles. The van der Waals surface area contributed by atoms with Gasteiger partial charge in [0.25, 0.3) is 0 Å². The van der Waals surface area contributed by atoms with E-state index in [2.05, 4.69) is 15.6 Å². The van der Waals surface area contributed by atoms with Crippen LogP contribution < -0.4 is 10.6 Å². The lowest BCUT2D eigenvalue weighted by Gasteiger charge is -2.06. The summed E-state index contributed by atoms with van der Waals surface area (Å²) >= 11 is 1.44. The molecule has 1 atom stereocenters. The average Bonchev–Trinajstić information content (AvgIpc) is 3.29. The molecule has 3 rings (SSSR count). The van der Waals surface area contributed by atoms with Crippen molar-refractivity contribution in [2.75, 3.05) is 17.6 Å². The smallest absolute Gasteiger partial charge is 0.321 e. The number of rotatable bonds is 7. The number of carbonyl (C=O) groups is 1. The lowest BCUT2D eigenvalue weighted by molar-refractivity contribution is 0.252. The number of nitrogens with one attached hydrogen (secondary N) is 2. The Balaban J connectivity index is 1.36. The molecule has 1 aromatic carbocycles. The van der Waals surface area contributed by atoms with Crippen LogP contribution in [0.2, 0.25) is 0 Å². The zero-order chi connectivity index (χ0) is 16.1. The summed E-state index contributed by atoms with van der Waals surface area (Å²) in [6.45, 7) is 0.381. The van der Waals surface area contributed by atoms with Crippen LogP contribution in [0.1, 0.15) is 30.0 Å². The lowest BCUT2D eigenvalue weighted by Crippen LogP contribution is -2.32. The van der Waals surface area contributed by atoms with E-state index in [4.69, 9.17) is 0 Å². The van der Waals surface area contributed by atoms with Gasteiger partial charge in [0.1, 0.15) is 0 Å². The van der Waals surface area contributed by atoms with Crippen molar-refractivity contribution in [3.05, 3.63) is 47.0 Å². The highest BCUT2D eigenvalue weighted by atomic mass is 32.2. The number of anilines is 1. The van der Waals surface area contributed by atoms with Gasteiger partial charge in [0, 0.05) is 40.1 Å². The third kappa shape index (κ3) is 5.14. The molecule has 1 fully saturated rings. The predicted octanol–water partition coefficient (Wildman–Crippen LogP) is 3.09. The molecule has 0 radical (unpaired) electrons. The van der Waals surface area contributed by atoms with Gasteiger partial charge in [0.15, 0.2) is 5.13 Å². The largest absolute Gasteiger partial charge is 0.337 e. The van der Waals surface area contributed by atoms with E-state index in [0.717, 1.165) is 11.3 Å². The second kappa shape index (κ2) is 7.70. The maximum atomic E-state index is 12.0. The number of aromatic nitrogens is 1. The Hall–Kier alpha value is -1.73. The van der Waals surface area contributed by atoms with Crippen LogP contribution in [0.25, 0.3) is 0 Å². The third-order valence-electron chi connectivity index (χ3n) is 3.52. The number of benzene rings is 1. The number of hydrogen-bond acceptors (Lipinski definition) is 4. The van der Waals surface area contributed by atoms with Crippen LogP contribution in [-0.4, -0.2) is 27.5 Å². The number of urea groups is 1. The van der Waals surface area contributed by atoms with Crippen LogP contribution in [0.3, 0.4) is 0 Å². The molecule has 1 saturated carbocycles. The Morgan fingerprint density at radius 3 is 2.83 bits per heavy atom. The minimum absolute atomic E-state index is 0.293. The van der Waals surface area contributed by atoms with Gasteiger partial charge in [0.05, 0.1) is 5.69 Å². The molecule has 0 bridgehead atoms. The first-order valence-electron chi connectivity index (χ1n) is 7.60. The molecule has 0 spiro atoms. The Labute approximate surface area is 142 Å². The summed E-state index contributed by atoms with van der Waals surface area (Å²) in [6.07, 6.45) is 2.39. The molecule has 1 unspecified atom stereocenters. The van der Waals surface area contributed by atoms with Gasteiger partial charge in [-0.15, -0.1) is 11.3 Å². The molecule has 23 heavy (non-hydrogen) atoms. The fourth-order valence-electron chi connectivity index (χ4n) is 2.16. The van der Waals surface area contributed by atoms with Crippen LogP contribution in [0, 0.1) is 0 Å². The summed E-state index contributed by atoms with van der Waals surface area (Å²) in [7, 11) is -0.983. The standard InChI is InChI=1S/C16H19N3O2S2/c20-15(19-16-18-14(10-22-16)13-6-7-13)17-8-9-23(21)11-12-4-2-1-3-5-12/h1-5,10,13H,6-9,11H2,(H2,17,18,19,20). The first-order chi connectivity index (χ1) is 11.2. The topological polar surface area (TPSA) is 71.1 Å². The molecule has 2 N–H and O–H groups in total. The molecule has 2 amide bonds. The van der Waals surface area contributed by atoms with E-state index in [1.807, 2.05) is 35.7 Å². The van der Waals surface area contributed by atoms with Crippen molar-refractivity contribution in [2.45, 2.75) is 24.5 Å². The van der Waals surface area contributed by atoms with Crippen molar-refractivity contribution in [2.24, 2.45) is 0 Å². The third-order valence-corrected chi connectivity index (χ3v) is 5.61. The van der Waals surface area contributed by atoms with E-state index in [-0.39, 0.29) is 6.03 Å². The quantitative estimate of drug-likeness (QED) is 0.807. The minimum Gasteiger partial charge on any atom is -0.337 e. The summed E-state index contributed by atoms with van der Waals surface area (Å²) in [4.78, 5) is 16.2. The minimum atomic E-state index is -0.983. The SMILES string of the molecule is O=C(NCCS(=O)Cc1ccccc1)Nc1nc(C2CC2)cs1. The number of hydrogen-bond donors (Lipinski definition) is 2. The van der Waals surface area contributed by atoms with E-state index in [9.17, 15) is 9.00 Å². The van der Waals surface area contributed by atoms with Crippen molar-refractivity contribution < 1.29 is 9.00 Å². The highest BCUT2D eigenvalue weighted by Gasteiger charge is 2.26. The molecule has 7 heteroatoms. The molecule has 2 aromatic rings. The number of carbonyl (C=O) groups excluding carboxylic acids is 1. The molecule has 0 saturated heterocycles. The summed E-state index contributed by atoms with van der Waals surface area (Å²) in [5.41, 5.74) is 2.12. The van der Waals surface area contributed by atoms with Gasteiger partial charge >= 0.3 is 6.03 Å². The van der Waals surface area contributed by atoms with E-state index < -0.39 is 10.8 Å². The molecule has 5 nitrogen and oxygen atoms in total. The van der Waals surface area contributed by atoms with Crippen LogP contribution in [0.4, 0.5) is 9.93 Å². The normalized spacial score (nSPS) is 15.1. The highest BCUT2D eigenvalue weighted by molar-refractivity contribution is 7.84. The summed E-state index contributed by atoms with van der Waals surface area (Å²) < 4.78 is 12.0. The second-order valence-electron chi connectivity index (χ2n) is 5.51. The molecule has 0 aliphatic heterocycles. The molecule has 1 heterocycles. The van der Waals surface area contributed by atoms with Gasteiger partial charge < -0.3 is 5.32 Å². The fraction of sp³-hybridized carbons (Fsp3) is 0.375. The van der Waals surface area contributed by atoms with Crippen molar-refractivity contribution in [1.82, 2.24) is 10.3 Å². The summed E-state index contributed by atoms with van der Waals surface area (Å²) in [5.74, 6) is 1.54. The van der Waals surface area contributed by atoms with E-state index in [0.29, 0.717) is 29.1 Å². The first kappa shape index (κ1) is 16.1. The van der Waals surface area contributed by atoms with Crippen molar-refractivity contribution in [3.63, 3.8) is 0 Å². The van der Waals surface area contributed by atoms with Crippen LogP contribution in [0.15, 0.2) is 35.7 Å². The lowest BCUT2D eigenvalue weighted by atomic mass is 10.2. The molecule has 1 aliphatic carbocycles. The zero-order valence-electron chi connectivity index (χ0n) is 12.7. The molecular formula is C16H19N3O2S2. The maximum Gasteiger partial charge on any atom is 0.321 e. The van der Waals surface area contributed by atoms with Gasteiger partial charge in [-0.3, -0.25) is 9.53 Å². The van der Waals surface area contributed by atoms with Gasteiger partial charge in [-0.2, -0.15) is 0 Å². The van der Waals surface area contributed by atoms with Crippen molar-refractivity contribution in [1.29, 1.82) is 0 Å². The van der Waals surface area contributed by atoms with E-state index in [1.54, 1.807) is 0 Å². The van der Waals surface area contributed by atoms with Crippen molar-refractivity contribution >= 4 is 33.3 Å². The Morgan fingerprint density at radius 1 is 1.30 bits per heavy atom. The zero-order valence-corrected chi connectivity index (χ0v) is 14.3. The maximum absolute atomic E-state index is 12.0. The summed E-state index contributed by atoms with van der Waals surface area (Å²) in [5, 5.41) is 8.07. The second-order valence-corrected chi connectivity index (χ2v) is 7.94. The number of thiazole rings is 1. The molecular weight excluding hydrogens is 330 g/mol. The first-order valence-corrected chi connectivity index (χ1v) is 9.96. The predicted molar refractivity (Wildman–Crippen MR) is 94.3 cm³/mol. The van der Waals surface area contributed by atoms with E-state index in [1.165, 1.54) is 24.2 Å². The van der Waals surface area contributed by atoms with Crippen LogP contribution >= 0.6 is 11.3 Å².